The van der Waals surface area contributed by atoms with Crippen LogP contribution in [0.4, 0.5) is 16.3 Å². The summed E-state index contributed by atoms with van der Waals surface area (Å²) >= 11 is 0. The SMILES string of the molecule is CN1CCN(C(=O)Nc2ccc(C3CC3)nn2)Cc2ccccc21. The van der Waals surface area contributed by atoms with Gasteiger partial charge in [-0.2, -0.15) is 5.10 Å². The molecule has 0 saturated heterocycles. The van der Waals surface area contributed by atoms with Gasteiger partial charge in [0, 0.05) is 38.3 Å². The van der Waals surface area contributed by atoms with Gasteiger partial charge in [-0.25, -0.2) is 4.79 Å². The number of benzene rings is 1. The Hall–Kier alpha value is -2.63. The fourth-order valence-corrected chi connectivity index (χ4v) is 3.06. The van der Waals surface area contributed by atoms with E-state index in [1.165, 1.54) is 18.5 Å². The zero-order valence-corrected chi connectivity index (χ0v) is 13.8. The lowest BCUT2D eigenvalue weighted by Gasteiger charge is -2.21. The van der Waals surface area contributed by atoms with E-state index in [1.54, 1.807) is 0 Å². The molecule has 0 unspecified atom stereocenters. The fraction of sp³-hybridized carbons (Fsp3) is 0.389. The number of hydrogen-bond acceptors (Lipinski definition) is 4. The summed E-state index contributed by atoms with van der Waals surface area (Å²) in [4.78, 5) is 16.6. The van der Waals surface area contributed by atoms with E-state index >= 15 is 0 Å². The third-order valence-electron chi connectivity index (χ3n) is 4.67. The summed E-state index contributed by atoms with van der Waals surface area (Å²) in [6, 6.07) is 11.9. The van der Waals surface area contributed by atoms with Crippen molar-refractivity contribution in [1.82, 2.24) is 15.1 Å². The van der Waals surface area contributed by atoms with Crippen molar-refractivity contribution in [2.45, 2.75) is 25.3 Å². The summed E-state index contributed by atoms with van der Waals surface area (Å²) in [5.41, 5.74) is 3.36. The molecular formula is C18H21N5O. The third-order valence-corrected chi connectivity index (χ3v) is 4.67. The number of carbonyl (C=O) groups excluding carboxylic acids is 1. The number of rotatable bonds is 2. The molecule has 1 saturated carbocycles. The van der Waals surface area contributed by atoms with Gasteiger partial charge in [0.05, 0.1) is 5.69 Å². The van der Waals surface area contributed by atoms with Gasteiger partial charge in [0.15, 0.2) is 5.82 Å². The largest absolute Gasteiger partial charge is 0.373 e. The van der Waals surface area contributed by atoms with E-state index in [0.29, 0.717) is 24.8 Å². The smallest absolute Gasteiger partial charge is 0.323 e. The van der Waals surface area contributed by atoms with Crippen molar-refractivity contribution >= 4 is 17.5 Å². The molecule has 1 N–H and O–H groups in total. The van der Waals surface area contributed by atoms with Crippen LogP contribution in [0.1, 0.15) is 30.0 Å². The topological polar surface area (TPSA) is 61.4 Å². The molecule has 2 amide bonds. The first-order valence-corrected chi connectivity index (χ1v) is 8.39. The van der Waals surface area contributed by atoms with E-state index in [-0.39, 0.29) is 6.03 Å². The lowest BCUT2D eigenvalue weighted by Crippen LogP contribution is -2.37. The summed E-state index contributed by atoms with van der Waals surface area (Å²) in [6.07, 6.45) is 2.39. The molecule has 4 rings (SSSR count). The zero-order chi connectivity index (χ0) is 16.5. The molecular weight excluding hydrogens is 302 g/mol. The molecule has 2 heterocycles. The first-order valence-electron chi connectivity index (χ1n) is 8.39. The molecule has 124 valence electrons. The number of carbonyl (C=O) groups is 1. The van der Waals surface area contributed by atoms with Crippen LogP contribution >= 0.6 is 0 Å². The van der Waals surface area contributed by atoms with Gasteiger partial charge in [-0.3, -0.25) is 5.32 Å². The van der Waals surface area contributed by atoms with Crippen LogP contribution in [0.15, 0.2) is 36.4 Å². The Morgan fingerprint density at radius 2 is 1.96 bits per heavy atom. The van der Waals surface area contributed by atoms with Crippen molar-refractivity contribution in [1.29, 1.82) is 0 Å². The van der Waals surface area contributed by atoms with Gasteiger partial charge < -0.3 is 9.80 Å². The zero-order valence-electron chi connectivity index (χ0n) is 13.8. The molecule has 1 aliphatic heterocycles. The summed E-state index contributed by atoms with van der Waals surface area (Å²) in [5.74, 6) is 1.08. The molecule has 1 aliphatic carbocycles. The maximum absolute atomic E-state index is 12.6. The maximum atomic E-state index is 12.6. The van der Waals surface area contributed by atoms with Crippen molar-refractivity contribution < 1.29 is 4.79 Å². The standard InChI is InChI=1S/C18H21N5O/c1-22-10-11-23(12-14-4-2-3-5-16(14)22)18(24)19-17-9-8-15(20-21-17)13-6-7-13/h2-5,8-9,13H,6-7,10-12H2,1H3,(H,19,21,24). The predicted octanol–water partition coefficient (Wildman–Crippen LogP) is 2.84. The van der Waals surface area contributed by atoms with Crippen LogP contribution in [-0.2, 0) is 6.54 Å². The molecule has 1 aromatic carbocycles. The molecule has 0 atom stereocenters. The maximum Gasteiger partial charge on any atom is 0.323 e. The number of fused-ring (bicyclic) bond motifs is 1. The highest BCUT2D eigenvalue weighted by Crippen LogP contribution is 2.38. The highest BCUT2D eigenvalue weighted by molar-refractivity contribution is 5.88. The van der Waals surface area contributed by atoms with E-state index in [0.717, 1.165) is 17.8 Å². The lowest BCUT2D eigenvalue weighted by molar-refractivity contribution is 0.211. The summed E-state index contributed by atoms with van der Waals surface area (Å²) in [6.45, 7) is 2.07. The molecule has 6 heteroatoms. The third kappa shape index (κ3) is 3.04. The fourth-order valence-electron chi connectivity index (χ4n) is 3.06. The van der Waals surface area contributed by atoms with Gasteiger partial charge in [-0.15, -0.1) is 5.10 Å². The minimum atomic E-state index is -0.131. The molecule has 1 aromatic heterocycles. The summed E-state index contributed by atoms with van der Waals surface area (Å²) < 4.78 is 0. The van der Waals surface area contributed by atoms with E-state index in [2.05, 4.69) is 39.6 Å². The molecule has 6 nitrogen and oxygen atoms in total. The minimum Gasteiger partial charge on any atom is -0.373 e. The van der Waals surface area contributed by atoms with Crippen LogP contribution < -0.4 is 10.2 Å². The van der Waals surface area contributed by atoms with Gasteiger partial charge >= 0.3 is 6.03 Å². The predicted molar refractivity (Wildman–Crippen MR) is 93.1 cm³/mol. The number of anilines is 2. The molecule has 0 bridgehead atoms. The monoisotopic (exact) mass is 323 g/mol. The lowest BCUT2D eigenvalue weighted by atomic mass is 10.1. The van der Waals surface area contributed by atoms with Crippen molar-refractivity contribution in [2.24, 2.45) is 0 Å². The molecule has 0 radical (unpaired) electrons. The number of hydrogen-bond donors (Lipinski definition) is 1. The van der Waals surface area contributed by atoms with E-state index in [1.807, 2.05) is 29.2 Å². The van der Waals surface area contributed by atoms with Gasteiger partial charge in [0.2, 0.25) is 0 Å². The Balaban J connectivity index is 1.46. The Labute approximate surface area is 141 Å². The molecule has 0 spiro atoms. The normalized spacial score (nSPS) is 17.2. The van der Waals surface area contributed by atoms with Crippen molar-refractivity contribution in [3.05, 3.63) is 47.7 Å². The Bertz CT molecular complexity index is 741. The van der Waals surface area contributed by atoms with E-state index in [4.69, 9.17) is 0 Å². The number of nitrogens with zero attached hydrogens (tertiary/aromatic N) is 4. The number of urea groups is 1. The number of nitrogens with one attached hydrogen (secondary N) is 1. The van der Waals surface area contributed by atoms with Crippen molar-refractivity contribution in [2.75, 3.05) is 30.4 Å². The second-order valence-electron chi connectivity index (χ2n) is 6.52. The molecule has 1 fully saturated rings. The number of amides is 2. The average Bonchev–Trinajstić information content (AvgIpc) is 3.44. The first kappa shape index (κ1) is 14.9. The molecule has 2 aliphatic rings. The molecule has 2 aromatic rings. The van der Waals surface area contributed by atoms with Crippen LogP contribution in [0.3, 0.4) is 0 Å². The van der Waals surface area contributed by atoms with Gasteiger partial charge in [-0.1, -0.05) is 18.2 Å². The van der Waals surface area contributed by atoms with E-state index in [9.17, 15) is 4.79 Å². The second-order valence-corrected chi connectivity index (χ2v) is 6.52. The van der Waals surface area contributed by atoms with Gasteiger partial charge in [0.25, 0.3) is 0 Å². The highest BCUT2D eigenvalue weighted by atomic mass is 16.2. The van der Waals surface area contributed by atoms with Crippen LogP contribution in [0.25, 0.3) is 0 Å². The number of para-hydroxylation sites is 1. The number of aromatic nitrogens is 2. The van der Waals surface area contributed by atoms with Crippen LogP contribution in [0, 0.1) is 0 Å². The minimum absolute atomic E-state index is 0.131. The van der Waals surface area contributed by atoms with Crippen molar-refractivity contribution in [3.63, 3.8) is 0 Å². The van der Waals surface area contributed by atoms with Gasteiger partial charge in [-0.05, 0) is 36.6 Å². The van der Waals surface area contributed by atoms with Crippen molar-refractivity contribution in [3.8, 4) is 0 Å². The van der Waals surface area contributed by atoms with Crippen LogP contribution in [0.2, 0.25) is 0 Å². The average molecular weight is 323 g/mol. The Morgan fingerprint density at radius 3 is 2.71 bits per heavy atom. The summed E-state index contributed by atoms with van der Waals surface area (Å²) in [5, 5.41) is 11.2. The second kappa shape index (κ2) is 6.11. The van der Waals surface area contributed by atoms with Crippen LogP contribution in [0.5, 0.6) is 0 Å². The first-order chi connectivity index (χ1) is 11.7. The van der Waals surface area contributed by atoms with Crippen LogP contribution in [-0.4, -0.2) is 41.3 Å². The Kier molecular flexibility index (Phi) is 3.80. The van der Waals surface area contributed by atoms with E-state index < -0.39 is 0 Å². The number of likely N-dealkylation sites (N-methyl/N-ethyl adjacent to an activating group) is 1. The summed E-state index contributed by atoms with van der Waals surface area (Å²) in [7, 11) is 2.06. The Morgan fingerprint density at radius 1 is 1.12 bits per heavy atom. The molecule has 24 heavy (non-hydrogen) atoms. The van der Waals surface area contributed by atoms with Gasteiger partial charge in [0.1, 0.15) is 0 Å². The highest BCUT2D eigenvalue weighted by Gasteiger charge is 2.25. The quantitative estimate of drug-likeness (QED) is 0.923.